The number of hydrogen-bond acceptors (Lipinski definition) is 1. The first-order valence-electron chi connectivity index (χ1n) is 3.88. The van der Waals surface area contributed by atoms with Crippen LogP contribution in [0.3, 0.4) is 0 Å². The van der Waals surface area contributed by atoms with Crippen molar-refractivity contribution in [2.75, 3.05) is 0 Å². The van der Waals surface area contributed by atoms with Crippen LogP contribution in [0.25, 0.3) is 10.9 Å². The third-order valence-electron chi connectivity index (χ3n) is 2.04. The van der Waals surface area contributed by atoms with Crippen molar-refractivity contribution in [2.24, 2.45) is 5.73 Å². The third kappa shape index (κ3) is 1.10. The van der Waals surface area contributed by atoms with E-state index in [0.717, 1.165) is 6.07 Å². The summed E-state index contributed by atoms with van der Waals surface area (Å²) in [4.78, 5) is 2.82. The van der Waals surface area contributed by atoms with Crippen LogP contribution < -0.4 is 5.73 Å². The van der Waals surface area contributed by atoms with Gasteiger partial charge in [-0.2, -0.15) is 0 Å². The SMILES string of the molecule is NCc1c[nH]c2ccc(F)c(F)c12. The molecule has 0 amide bonds. The van der Waals surface area contributed by atoms with Gasteiger partial charge >= 0.3 is 0 Å². The van der Waals surface area contributed by atoms with Crippen molar-refractivity contribution in [1.29, 1.82) is 0 Å². The molecular formula is C9H8F2N2. The van der Waals surface area contributed by atoms with Crippen LogP contribution in [-0.2, 0) is 6.54 Å². The van der Waals surface area contributed by atoms with Crippen molar-refractivity contribution < 1.29 is 8.78 Å². The number of fused-ring (bicyclic) bond motifs is 1. The zero-order valence-electron chi connectivity index (χ0n) is 6.77. The van der Waals surface area contributed by atoms with E-state index in [1.54, 1.807) is 6.20 Å². The Morgan fingerprint density at radius 3 is 2.77 bits per heavy atom. The maximum Gasteiger partial charge on any atom is 0.168 e. The van der Waals surface area contributed by atoms with Gasteiger partial charge in [0.2, 0.25) is 0 Å². The number of nitrogens with two attached hydrogens (primary N) is 1. The quantitative estimate of drug-likeness (QED) is 0.694. The Balaban J connectivity index is 2.85. The second-order valence-electron chi connectivity index (χ2n) is 2.80. The van der Waals surface area contributed by atoms with Gasteiger partial charge in [-0.05, 0) is 17.7 Å². The van der Waals surface area contributed by atoms with Crippen molar-refractivity contribution >= 4 is 10.9 Å². The van der Waals surface area contributed by atoms with E-state index >= 15 is 0 Å². The summed E-state index contributed by atoms with van der Waals surface area (Å²) in [6.45, 7) is 0.195. The van der Waals surface area contributed by atoms with Gasteiger partial charge in [0.25, 0.3) is 0 Å². The molecule has 0 aliphatic carbocycles. The van der Waals surface area contributed by atoms with Crippen LogP contribution in [0.4, 0.5) is 8.78 Å². The van der Waals surface area contributed by atoms with E-state index in [-0.39, 0.29) is 11.9 Å². The Bertz CT molecular complexity index is 448. The molecular weight excluding hydrogens is 174 g/mol. The summed E-state index contributed by atoms with van der Waals surface area (Å²) in [7, 11) is 0. The van der Waals surface area contributed by atoms with Crippen molar-refractivity contribution in [2.45, 2.75) is 6.54 Å². The minimum atomic E-state index is -0.846. The lowest BCUT2D eigenvalue weighted by molar-refractivity contribution is 0.516. The molecule has 0 aliphatic heterocycles. The van der Waals surface area contributed by atoms with Gasteiger partial charge in [0.1, 0.15) is 0 Å². The van der Waals surface area contributed by atoms with Crippen LogP contribution in [0.2, 0.25) is 0 Å². The van der Waals surface area contributed by atoms with E-state index in [1.165, 1.54) is 6.07 Å². The van der Waals surface area contributed by atoms with E-state index in [1.807, 2.05) is 0 Å². The molecule has 2 nitrogen and oxygen atoms in total. The summed E-state index contributed by atoms with van der Waals surface area (Å²) < 4.78 is 26.0. The Morgan fingerprint density at radius 1 is 1.31 bits per heavy atom. The zero-order valence-corrected chi connectivity index (χ0v) is 6.77. The standard InChI is InChI=1S/C9H8F2N2/c10-6-1-2-7-8(9(6)11)5(3-12)4-13-7/h1-2,4,13H,3,12H2. The molecule has 1 heterocycles. The Morgan fingerprint density at radius 2 is 2.08 bits per heavy atom. The number of aromatic amines is 1. The summed E-state index contributed by atoms with van der Waals surface area (Å²) in [6, 6.07) is 2.58. The molecule has 68 valence electrons. The largest absolute Gasteiger partial charge is 0.361 e. The summed E-state index contributed by atoms with van der Waals surface area (Å²) >= 11 is 0. The van der Waals surface area contributed by atoms with Crippen molar-refractivity contribution in [3.8, 4) is 0 Å². The fourth-order valence-corrected chi connectivity index (χ4v) is 1.38. The van der Waals surface area contributed by atoms with Crippen molar-refractivity contribution in [3.63, 3.8) is 0 Å². The van der Waals surface area contributed by atoms with E-state index < -0.39 is 11.6 Å². The number of benzene rings is 1. The molecule has 1 aromatic carbocycles. The summed E-state index contributed by atoms with van der Waals surface area (Å²) in [5.74, 6) is -1.68. The Hall–Kier alpha value is -1.42. The average Bonchev–Trinajstić information content (AvgIpc) is 2.55. The number of rotatable bonds is 1. The maximum absolute atomic E-state index is 13.2. The first-order valence-corrected chi connectivity index (χ1v) is 3.88. The number of nitrogens with one attached hydrogen (secondary N) is 1. The Labute approximate surface area is 73.4 Å². The van der Waals surface area contributed by atoms with Crippen molar-refractivity contribution in [3.05, 3.63) is 35.5 Å². The number of H-pyrrole nitrogens is 1. The van der Waals surface area contributed by atoms with E-state index in [0.29, 0.717) is 11.1 Å². The highest BCUT2D eigenvalue weighted by molar-refractivity contribution is 5.83. The molecule has 1 aromatic heterocycles. The van der Waals surface area contributed by atoms with E-state index in [9.17, 15) is 8.78 Å². The highest BCUT2D eigenvalue weighted by Crippen LogP contribution is 2.22. The third-order valence-corrected chi connectivity index (χ3v) is 2.04. The molecule has 2 aromatic rings. The highest BCUT2D eigenvalue weighted by Gasteiger charge is 2.11. The topological polar surface area (TPSA) is 41.8 Å². The van der Waals surface area contributed by atoms with E-state index in [4.69, 9.17) is 5.73 Å². The van der Waals surface area contributed by atoms with Crippen LogP contribution in [-0.4, -0.2) is 4.98 Å². The van der Waals surface area contributed by atoms with Crippen molar-refractivity contribution in [1.82, 2.24) is 4.98 Å². The second-order valence-corrected chi connectivity index (χ2v) is 2.80. The van der Waals surface area contributed by atoms with Crippen LogP contribution in [0.15, 0.2) is 18.3 Å². The Kier molecular flexibility index (Phi) is 1.77. The van der Waals surface area contributed by atoms with Crippen LogP contribution in [0.5, 0.6) is 0 Å². The molecule has 0 aliphatic rings. The number of halogens is 2. The van der Waals surface area contributed by atoms with E-state index in [2.05, 4.69) is 4.98 Å². The maximum atomic E-state index is 13.2. The monoisotopic (exact) mass is 182 g/mol. The minimum absolute atomic E-state index is 0.195. The van der Waals surface area contributed by atoms with Crippen LogP contribution in [0, 0.1) is 11.6 Å². The van der Waals surface area contributed by atoms with Gasteiger partial charge in [0.15, 0.2) is 11.6 Å². The lowest BCUT2D eigenvalue weighted by atomic mass is 10.1. The smallest absolute Gasteiger partial charge is 0.168 e. The molecule has 0 fully saturated rings. The predicted octanol–water partition coefficient (Wildman–Crippen LogP) is 1.90. The van der Waals surface area contributed by atoms with Crippen LogP contribution >= 0.6 is 0 Å². The highest BCUT2D eigenvalue weighted by atomic mass is 19.2. The molecule has 0 spiro atoms. The van der Waals surface area contributed by atoms with Gasteiger partial charge in [-0.3, -0.25) is 0 Å². The zero-order chi connectivity index (χ0) is 9.42. The molecule has 4 heteroatoms. The summed E-state index contributed by atoms with van der Waals surface area (Å²) in [5, 5.41) is 0.252. The molecule has 2 rings (SSSR count). The van der Waals surface area contributed by atoms with Gasteiger partial charge in [-0.25, -0.2) is 8.78 Å². The molecule has 0 bridgehead atoms. The molecule has 0 radical (unpaired) electrons. The number of aromatic nitrogens is 1. The van der Waals surface area contributed by atoms with Gasteiger partial charge in [0.05, 0.1) is 0 Å². The fourth-order valence-electron chi connectivity index (χ4n) is 1.38. The minimum Gasteiger partial charge on any atom is -0.361 e. The summed E-state index contributed by atoms with van der Waals surface area (Å²) in [6.07, 6.45) is 1.59. The first-order chi connectivity index (χ1) is 6.24. The predicted molar refractivity (Wildman–Crippen MR) is 46.1 cm³/mol. The second kappa shape index (κ2) is 2.81. The van der Waals surface area contributed by atoms with Gasteiger partial charge < -0.3 is 10.7 Å². The molecule has 13 heavy (non-hydrogen) atoms. The molecule has 3 N–H and O–H groups in total. The normalized spacial score (nSPS) is 11.0. The molecule has 0 unspecified atom stereocenters. The van der Waals surface area contributed by atoms with Gasteiger partial charge in [-0.1, -0.05) is 0 Å². The summed E-state index contributed by atoms with van der Waals surface area (Å²) in [5.41, 5.74) is 6.53. The lowest BCUT2D eigenvalue weighted by Crippen LogP contribution is -1.96. The number of hydrogen-bond donors (Lipinski definition) is 2. The fraction of sp³-hybridized carbons (Fsp3) is 0.111. The molecule has 0 saturated heterocycles. The molecule has 0 atom stereocenters. The van der Waals surface area contributed by atoms with Gasteiger partial charge in [0, 0.05) is 23.6 Å². The lowest BCUT2D eigenvalue weighted by Gasteiger charge is -1.97. The van der Waals surface area contributed by atoms with Crippen LogP contribution in [0.1, 0.15) is 5.56 Å². The first kappa shape index (κ1) is 8.19. The average molecular weight is 182 g/mol. The molecule has 0 saturated carbocycles. The van der Waals surface area contributed by atoms with Gasteiger partial charge in [-0.15, -0.1) is 0 Å².